The van der Waals surface area contributed by atoms with Crippen LogP contribution in [0.5, 0.6) is 0 Å². The van der Waals surface area contributed by atoms with Crippen LogP contribution in [0.2, 0.25) is 0 Å². The molecule has 8 nitrogen and oxygen atoms in total. The van der Waals surface area contributed by atoms with E-state index in [-0.39, 0.29) is 12.3 Å². The number of imide groups is 1. The summed E-state index contributed by atoms with van der Waals surface area (Å²) in [6, 6.07) is 10.4. The number of nitrogens with zero attached hydrogens (tertiary/aromatic N) is 2. The lowest BCUT2D eigenvalue weighted by atomic mass is 10.2. The number of benzene rings is 1. The van der Waals surface area contributed by atoms with Gasteiger partial charge in [-0.1, -0.05) is 42.1 Å². The Morgan fingerprint density at radius 2 is 1.75 bits per heavy atom. The number of amides is 3. The molecule has 1 aromatic carbocycles. The van der Waals surface area contributed by atoms with Crippen molar-refractivity contribution in [3.63, 3.8) is 0 Å². The van der Waals surface area contributed by atoms with E-state index in [4.69, 9.17) is 4.74 Å². The molecule has 0 saturated carbocycles. The number of hydrogen-bond donors (Lipinski definition) is 2. The number of carbonyl (C=O) groups excluding carboxylic acids is 3. The molecule has 148 valence electrons. The lowest BCUT2D eigenvalue weighted by Crippen LogP contribution is -2.44. The van der Waals surface area contributed by atoms with Gasteiger partial charge in [0.05, 0.1) is 5.75 Å². The van der Waals surface area contributed by atoms with Gasteiger partial charge in [-0.2, -0.15) is 0 Å². The van der Waals surface area contributed by atoms with Crippen LogP contribution in [-0.4, -0.2) is 39.7 Å². The molecule has 0 bridgehead atoms. The van der Waals surface area contributed by atoms with Crippen LogP contribution in [0.4, 0.5) is 4.79 Å². The Balaban J connectivity index is 1.73. The van der Waals surface area contributed by atoms with E-state index < -0.39 is 24.0 Å². The van der Waals surface area contributed by atoms with Crippen molar-refractivity contribution in [3.8, 4) is 0 Å². The van der Waals surface area contributed by atoms with E-state index in [1.165, 1.54) is 6.92 Å². The average molecular weight is 402 g/mol. The smallest absolute Gasteiger partial charge is 0.321 e. The Kier molecular flexibility index (Phi) is 7.94. The molecule has 9 heteroatoms. The molecule has 2 aromatic rings. The van der Waals surface area contributed by atoms with E-state index in [9.17, 15) is 14.4 Å². The molecular formula is C19H22N4O4S. The fourth-order valence-corrected chi connectivity index (χ4v) is 2.93. The third-order valence-corrected chi connectivity index (χ3v) is 4.31. The van der Waals surface area contributed by atoms with Gasteiger partial charge in [0, 0.05) is 17.9 Å². The topological polar surface area (TPSA) is 110 Å². The highest BCUT2D eigenvalue weighted by Crippen LogP contribution is 2.14. The van der Waals surface area contributed by atoms with Gasteiger partial charge >= 0.3 is 12.0 Å². The molecule has 0 aliphatic carbocycles. The van der Waals surface area contributed by atoms with E-state index in [0.717, 1.165) is 28.7 Å². The van der Waals surface area contributed by atoms with Crippen molar-refractivity contribution in [1.82, 2.24) is 20.6 Å². The SMILES string of the molecule is Cc1cc(C)nc(SCC(=O)OC(C)C(=O)NC(=O)NCc2ccccc2)n1. The van der Waals surface area contributed by atoms with E-state index in [1.54, 1.807) is 0 Å². The standard InChI is InChI=1S/C19H22N4O4S/c1-12-9-13(2)22-19(21-12)28-11-16(24)27-14(3)17(25)23-18(26)20-10-15-7-5-4-6-8-15/h4-9,14H,10-11H2,1-3H3,(H2,20,23,25,26). The first kappa shape index (κ1) is 21.4. The van der Waals surface area contributed by atoms with E-state index >= 15 is 0 Å². The maximum absolute atomic E-state index is 12.0. The fourth-order valence-electron chi connectivity index (χ4n) is 2.20. The molecule has 0 aliphatic heterocycles. The monoisotopic (exact) mass is 402 g/mol. The van der Waals surface area contributed by atoms with Gasteiger partial charge in [0.25, 0.3) is 5.91 Å². The van der Waals surface area contributed by atoms with Crippen molar-refractivity contribution in [2.24, 2.45) is 0 Å². The van der Waals surface area contributed by atoms with Crippen LogP contribution in [0.25, 0.3) is 0 Å². The largest absolute Gasteiger partial charge is 0.452 e. The summed E-state index contributed by atoms with van der Waals surface area (Å²) in [6.07, 6.45) is -1.10. The summed E-state index contributed by atoms with van der Waals surface area (Å²) >= 11 is 1.12. The second-order valence-corrected chi connectivity index (χ2v) is 6.95. The van der Waals surface area contributed by atoms with Crippen LogP contribution >= 0.6 is 11.8 Å². The minimum absolute atomic E-state index is 0.0410. The van der Waals surface area contributed by atoms with Gasteiger partial charge < -0.3 is 10.1 Å². The van der Waals surface area contributed by atoms with Crippen LogP contribution in [0, 0.1) is 13.8 Å². The van der Waals surface area contributed by atoms with Crippen LogP contribution in [0.15, 0.2) is 41.6 Å². The quantitative estimate of drug-likeness (QED) is 0.415. The molecule has 0 spiro atoms. The summed E-state index contributed by atoms with van der Waals surface area (Å²) in [5.41, 5.74) is 2.51. The van der Waals surface area contributed by atoms with Gasteiger partial charge in [0.15, 0.2) is 11.3 Å². The Morgan fingerprint density at radius 3 is 2.39 bits per heavy atom. The second-order valence-electron chi connectivity index (χ2n) is 6.01. The molecule has 1 aromatic heterocycles. The molecule has 0 saturated heterocycles. The molecule has 28 heavy (non-hydrogen) atoms. The Hall–Kier alpha value is -2.94. The van der Waals surface area contributed by atoms with Gasteiger partial charge in [0.2, 0.25) is 0 Å². The normalized spacial score (nSPS) is 11.4. The number of carbonyl (C=O) groups is 3. The Morgan fingerprint density at radius 1 is 1.11 bits per heavy atom. The van der Waals surface area contributed by atoms with Crippen LogP contribution in [-0.2, 0) is 20.9 Å². The molecule has 1 heterocycles. The van der Waals surface area contributed by atoms with Crippen LogP contribution in [0.1, 0.15) is 23.9 Å². The average Bonchev–Trinajstić information content (AvgIpc) is 2.65. The van der Waals surface area contributed by atoms with E-state index in [1.807, 2.05) is 50.2 Å². The third kappa shape index (κ3) is 7.36. The zero-order valence-electron chi connectivity index (χ0n) is 15.9. The highest BCUT2D eigenvalue weighted by molar-refractivity contribution is 7.99. The van der Waals surface area contributed by atoms with Crippen molar-refractivity contribution in [3.05, 3.63) is 53.3 Å². The Labute approximate surface area is 167 Å². The predicted molar refractivity (Wildman–Crippen MR) is 105 cm³/mol. The second kappa shape index (κ2) is 10.4. The van der Waals surface area contributed by atoms with Gasteiger partial charge in [-0.15, -0.1) is 0 Å². The maximum atomic E-state index is 12.0. The summed E-state index contributed by atoms with van der Waals surface area (Å²) in [5, 5.41) is 5.17. The number of ether oxygens (including phenoxy) is 1. The number of esters is 1. The molecule has 1 unspecified atom stereocenters. The van der Waals surface area contributed by atoms with E-state index in [2.05, 4.69) is 20.6 Å². The molecule has 1 atom stereocenters. The molecule has 0 radical (unpaired) electrons. The Bertz CT molecular complexity index is 825. The van der Waals surface area contributed by atoms with Crippen molar-refractivity contribution >= 4 is 29.7 Å². The number of nitrogens with one attached hydrogen (secondary N) is 2. The first-order valence-corrected chi connectivity index (χ1v) is 9.59. The molecular weight excluding hydrogens is 380 g/mol. The van der Waals surface area contributed by atoms with Gasteiger partial charge in [0.1, 0.15) is 0 Å². The summed E-state index contributed by atoms with van der Waals surface area (Å²) in [4.78, 5) is 44.1. The van der Waals surface area contributed by atoms with Crippen molar-refractivity contribution in [2.45, 2.75) is 38.6 Å². The molecule has 0 aliphatic rings. The van der Waals surface area contributed by atoms with Crippen molar-refractivity contribution < 1.29 is 19.1 Å². The number of aryl methyl sites for hydroxylation is 2. The minimum atomic E-state index is -1.10. The number of urea groups is 1. The van der Waals surface area contributed by atoms with Crippen molar-refractivity contribution in [2.75, 3.05) is 5.75 Å². The number of rotatable bonds is 7. The first-order valence-electron chi connectivity index (χ1n) is 8.60. The summed E-state index contributed by atoms with van der Waals surface area (Å²) < 4.78 is 5.05. The number of thioether (sulfide) groups is 1. The van der Waals surface area contributed by atoms with Gasteiger partial charge in [-0.3, -0.25) is 14.9 Å². The number of aromatic nitrogens is 2. The van der Waals surface area contributed by atoms with Gasteiger partial charge in [-0.05, 0) is 32.4 Å². The van der Waals surface area contributed by atoms with Gasteiger partial charge in [-0.25, -0.2) is 14.8 Å². The minimum Gasteiger partial charge on any atom is -0.452 e. The summed E-state index contributed by atoms with van der Waals surface area (Å²) in [5.74, 6) is -1.34. The molecule has 0 fully saturated rings. The highest BCUT2D eigenvalue weighted by atomic mass is 32.2. The summed E-state index contributed by atoms with van der Waals surface area (Å²) in [6.45, 7) is 5.36. The lowest BCUT2D eigenvalue weighted by molar-refractivity contribution is -0.151. The lowest BCUT2D eigenvalue weighted by Gasteiger charge is -2.13. The zero-order chi connectivity index (χ0) is 20.5. The zero-order valence-corrected chi connectivity index (χ0v) is 16.7. The van der Waals surface area contributed by atoms with E-state index in [0.29, 0.717) is 5.16 Å². The molecule has 3 amide bonds. The number of hydrogen-bond acceptors (Lipinski definition) is 7. The fraction of sp³-hybridized carbons (Fsp3) is 0.316. The molecule has 2 N–H and O–H groups in total. The summed E-state index contributed by atoms with van der Waals surface area (Å²) in [7, 11) is 0. The maximum Gasteiger partial charge on any atom is 0.321 e. The third-order valence-electron chi connectivity index (χ3n) is 3.49. The predicted octanol–water partition coefficient (Wildman–Crippen LogP) is 2.14. The van der Waals surface area contributed by atoms with Crippen molar-refractivity contribution in [1.29, 1.82) is 0 Å². The van der Waals surface area contributed by atoms with Crippen LogP contribution < -0.4 is 10.6 Å². The highest BCUT2D eigenvalue weighted by Gasteiger charge is 2.20. The molecule has 2 rings (SSSR count). The first-order chi connectivity index (χ1) is 13.3. The van der Waals surface area contributed by atoms with Crippen LogP contribution in [0.3, 0.4) is 0 Å².